The standard InChI is InChI=1S/C13H24N2OS/c1-17-13(7-3-2-4-8-13)10-14-9-11-5-6-12(16)15-11/h11,14H,2-10H2,1H3,(H,15,16). The second kappa shape index (κ2) is 6.10. The fraction of sp³-hybridized carbons (Fsp3) is 0.923. The molecular formula is C13H24N2OS. The minimum absolute atomic E-state index is 0.217. The predicted octanol–water partition coefficient (Wildman–Crippen LogP) is 1.92. The lowest BCUT2D eigenvalue weighted by molar-refractivity contribution is -0.119. The summed E-state index contributed by atoms with van der Waals surface area (Å²) in [6.07, 6.45) is 10.8. The molecule has 1 heterocycles. The Kier molecular flexibility index (Phi) is 4.74. The van der Waals surface area contributed by atoms with E-state index in [4.69, 9.17) is 0 Å². The summed E-state index contributed by atoms with van der Waals surface area (Å²) < 4.78 is 0.459. The van der Waals surface area contributed by atoms with Crippen molar-refractivity contribution in [2.45, 2.75) is 55.7 Å². The fourth-order valence-corrected chi connectivity index (χ4v) is 3.90. The molecule has 1 saturated carbocycles. The molecule has 17 heavy (non-hydrogen) atoms. The molecule has 1 aliphatic carbocycles. The summed E-state index contributed by atoms with van der Waals surface area (Å²) in [6, 6.07) is 0.366. The van der Waals surface area contributed by atoms with Gasteiger partial charge in [0.05, 0.1) is 0 Å². The van der Waals surface area contributed by atoms with Crippen LogP contribution in [0.4, 0.5) is 0 Å². The van der Waals surface area contributed by atoms with Gasteiger partial charge in [0.25, 0.3) is 0 Å². The second-order valence-corrected chi connectivity index (χ2v) is 6.66. The summed E-state index contributed by atoms with van der Waals surface area (Å²) in [5, 5.41) is 6.59. The van der Waals surface area contributed by atoms with E-state index in [2.05, 4.69) is 16.9 Å². The summed E-state index contributed by atoms with van der Waals surface area (Å²) in [5.41, 5.74) is 0. The van der Waals surface area contributed by atoms with Gasteiger partial charge < -0.3 is 10.6 Å². The van der Waals surface area contributed by atoms with Crippen LogP contribution in [-0.4, -0.2) is 36.0 Å². The molecule has 2 N–H and O–H groups in total. The van der Waals surface area contributed by atoms with Gasteiger partial charge in [-0.2, -0.15) is 11.8 Å². The van der Waals surface area contributed by atoms with Crippen molar-refractivity contribution >= 4 is 17.7 Å². The summed E-state index contributed by atoms with van der Waals surface area (Å²) in [4.78, 5) is 11.1. The Balaban J connectivity index is 1.70. The minimum Gasteiger partial charge on any atom is -0.352 e. The summed E-state index contributed by atoms with van der Waals surface area (Å²) in [5.74, 6) is 0.217. The maximum atomic E-state index is 11.1. The monoisotopic (exact) mass is 256 g/mol. The van der Waals surface area contributed by atoms with Crippen molar-refractivity contribution in [3.05, 3.63) is 0 Å². The van der Waals surface area contributed by atoms with E-state index >= 15 is 0 Å². The number of hydrogen-bond acceptors (Lipinski definition) is 3. The third kappa shape index (κ3) is 3.62. The number of carbonyl (C=O) groups excluding carboxylic acids is 1. The first-order chi connectivity index (χ1) is 8.24. The van der Waals surface area contributed by atoms with Gasteiger partial charge in [-0.3, -0.25) is 4.79 Å². The van der Waals surface area contributed by atoms with Crippen LogP contribution in [0.1, 0.15) is 44.9 Å². The van der Waals surface area contributed by atoms with Gasteiger partial charge in [-0.1, -0.05) is 19.3 Å². The summed E-state index contributed by atoms with van der Waals surface area (Å²) >= 11 is 2.03. The van der Waals surface area contributed by atoms with E-state index in [0.717, 1.165) is 19.5 Å². The maximum absolute atomic E-state index is 11.1. The lowest BCUT2D eigenvalue weighted by Gasteiger charge is -2.36. The van der Waals surface area contributed by atoms with E-state index in [1.807, 2.05) is 11.8 Å². The van der Waals surface area contributed by atoms with Crippen LogP contribution >= 0.6 is 11.8 Å². The molecule has 0 bridgehead atoms. The molecule has 4 heteroatoms. The van der Waals surface area contributed by atoms with Crippen molar-refractivity contribution in [3.63, 3.8) is 0 Å². The smallest absolute Gasteiger partial charge is 0.220 e. The molecule has 3 nitrogen and oxygen atoms in total. The summed E-state index contributed by atoms with van der Waals surface area (Å²) in [7, 11) is 0. The van der Waals surface area contributed by atoms with Crippen LogP contribution in [0.2, 0.25) is 0 Å². The SMILES string of the molecule is CSC1(CNCC2CCC(=O)N2)CCCCC1. The molecule has 1 saturated heterocycles. The molecule has 0 aromatic rings. The van der Waals surface area contributed by atoms with Crippen LogP contribution in [0.15, 0.2) is 0 Å². The molecule has 0 aromatic carbocycles. The minimum atomic E-state index is 0.217. The Morgan fingerprint density at radius 1 is 1.41 bits per heavy atom. The molecule has 1 atom stereocenters. The van der Waals surface area contributed by atoms with Crippen LogP contribution in [0.25, 0.3) is 0 Å². The number of thioether (sulfide) groups is 1. The van der Waals surface area contributed by atoms with Crippen molar-refractivity contribution in [2.75, 3.05) is 19.3 Å². The Hall–Kier alpha value is -0.220. The maximum Gasteiger partial charge on any atom is 0.220 e. The molecule has 2 fully saturated rings. The van der Waals surface area contributed by atoms with Gasteiger partial charge >= 0.3 is 0 Å². The molecule has 0 radical (unpaired) electrons. The zero-order chi connectivity index (χ0) is 12.1. The van der Waals surface area contributed by atoms with Gasteiger partial charge in [-0.15, -0.1) is 0 Å². The zero-order valence-electron chi connectivity index (χ0n) is 10.8. The third-order valence-corrected chi connectivity index (χ3v) is 5.54. The predicted molar refractivity (Wildman–Crippen MR) is 73.4 cm³/mol. The van der Waals surface area contributed by atoms with Crippen LogP contribution in [-0.2, 0) is 4.79 Å². The zero-order valence-corrected chi connectivity index (χ0v) is 11.6. The van der Waals surface area contributed by atoms with Crippen molar-refractivity contribution < 1.29 is 4.79 Å². The molecule has 1 aliphatic heterocycles. The molecule has 1 amide bonds. The Morgan fingerprint density at radius 2 is 2.18 bits per heavy atom. The van der Waals surface area contributed by atoms with E-state index in [1.165, 1.54) is 32.1 Å². The molecule has 98 valence electrons. The van der Waals surface area contributed by atoms with Crippen LogP contribution in [0, 0.1) is 0 Å². The van der Waals surface area contributed by atoms with E-state index in [9.17, 15) is 4.79 Å². The number of nitrogens with one attached hydrogen (secondary N) is 2. The Bertz CT molecular complexity index is 264. The third-order valence-electron chi connectivity index (χ3n) is 4.12. The van der Waals surface area contributed by atoms with Gasteiger partial charge in [0.2, 0.25) is 5.91 Å². The highest BCUT2D eigenvalue weighted by Crippen LogP contribution is 2.37. The van der Waals surface area contributed by atoms with Crippen molar-refractivity contribution in [3.8, 4) is 0 Å². The molecule has 2 rings (SSSR count). The van der Waals surface area contributed by atoms with E-state index in [-0.39, 0.29) is 5.91 Å². The molecule has 1 unspecified atom stereocenters. The number of rotatable bonds is 5. The average molecular weight is 256 g/mol. The molecule has 0 aromatic heterocycles. The number of hydrogen-bond donors (Lipinski definition) is 2. The second-order valence-electron chi connectivity index (χ2n) is 5.38. The average Bonchev–Trinajstić information content (AvgIpc) is 2.76. The number of carbonyl (C=O) groups is 1. The van der Waals surface area contributed by atoms with E-state index < -0.39 is 0 Å². The van der Waals surface area contributed by atoms with Crippen LogP contribution in [0.5, 0.6) is 0 Å². The van der Waals surface area contributed by atoms with Gasteiger partial charge in [0, 0.05) is 30.3 Å². The molecular weight excluding hydrogens is 232 g/mol. The fourth-order valence-electron chi connectivity index (χ4n) is 2.95. The highest BCUT2D eigenvalue weighted by molar-refractivity contribution is 8.00. The van der Waals surface area contributed by atoms with Crippen molar-refractivity contribution in [2.24, 2.45) is 0 Å². The first-order valence-corrected chi connectivity index (χ1v) is 8.02. The van der Waals surface area contributed by atoms with E-state index in [0.29, 0.717) is 17.2 Å². The van der Waals surface area contributed by atoms with Gasteiger partial charge in [-0.05, 0) is 25.5 Å². The quantitative estimate of drug-likeness (QED) is 0.789. The Morgan fingerprint density at radius 3 is 2.76 bits per heavy atom. The first-order valence-electron chi connectivity index (χ1n) is 6.79. The van der Waals surface area contributed by atoms with Crippen LogP contribution < -0.4 is 10.6 Å². The molecule has 2 aliphatic rings. The highest BCUT2D eigenvalue weighted by atomic mass is 32.2. The van der Waals surface area contributed by atoms with E-state index in [1.54, 1.807) is 0 Å². The topological polar surface area (TPSA) is 41.1 Å². The van der Waals surface area contributed by atoms with Crippen LogP contribution in [0.3, 0.4) is 0 Å². The van der Waals surface area contributed by atoms with Crippen molar-refractivity contribution in [1.29, 1.82) is 0 Å². The van der Waals surface area contributed by atoms with Gasteiger partial charge in [-0.25, -0.2) is 0 Å². The first kappa shape index (κ1) is 13.2. The van der Waals surface area contributed by atoms with Gasteiger partial charge in [0.1, 0.15) is 0 Å². The lowest BCUT2D eigenvalue weighted by Crippen LogP contribution is -2.44. The lowest BCUT2D eigenvalue weighted by atomic mass is 9.88. The Labute approximate surface area is 108 Å². The van der Waals surface area contributed by atoms with Gasteiger partial charge in [0.15, 0.2) is 0 Å². The van der Waals surface area contributed by atoms with Crippen molar-refractivity contribution in [1.82, 2.24) is 10.6 Å². The summed E-state index contributed by atoms with van der Waals surface area (Å²) in [6.45, 7) is 2.04. The highest BCUT2D eigenvalue weighted by Gasteiger charge is 2.31. The normalized spacial score (nSPS) is 28.1. The largest absolute Gasteiger partial charge is 0.352 e. The number of amides is 1. The molecule has 0 spiro atoms.